The number of halogens is 1. The Labute approximate surface area is 118 Å². The van der Waals surface area contributed by atoms with Crippen molar-refractivity contribution in [1.29, 1.82) is 5.41 Å². The number of amidine groups is 1. The second-order valence-corrected chi connectivity index (χ2v) is 7.89. The Hall–Kier alpha value is 0.250. The van der Waals surface area contributed by atoms with E-state index in [1.54, 1.807) is 0 Å². The topological polar surface area (TPSA) is 61.2 Å². The van der Waals surface area contributed by atoms with Crippen LogP contribution in [0.25, 0.3) is 0 Å². The Balaban J connectivity index is 0.00000144. The number of fused-ring (bicyclic) bond motifs is 1. The number of nitrogens with one attached hydrogen (secondary N) is 1. The van der Waals surface area contributed by atoms with Gasteiger partial charge in [0.1, 0.15) is 0 Å². The van der Waals surface area contributed by atoms with Gasteiger partial charge in [0, 0.05) is 11.8 Å². The van der Waals surface area contributed by atoms with Crippen LogP contribution in [-0.2, 0) is 9.84 Å². The van der Waals surface area contributed by atoms with Crippen LogP contribution in [0.2, 0.25) is 0 Å². The van der Waals surface area contributed by atoms with Crippen molar-refractivity contribution in [2.24, 2.45) is 0 Å². The van der Waals surface area contributed by atoms with Gasteiger partial charge in [-0.05, 0) is 6.42 Å². The van der Waals surface area contributed by atoms with Crippen molar-refractivity contribution < 1.29 is 8.42 Å². The van der Waals surface area contributed by atoms with Crippen LogP contribution in [0.4, 0.5) is 0 Å². The van der Waals surface area contributed by atoms with Crippen LogP contribution in [0.5, 0.6) is 0 Å². The van der Waals surface area contributed by atoms with Gasteiger partial charge in [-0.3, -0.25) is 5.41 Å². The van der Waals surface area contributed by atoms with Crippen LogP contribution in [-0.4, -0.2) is 47.8 Å². The van der Waals surface area contributed by atoms with Crippen LogP contribution in [0.15, 0.2) is 0 Å². The molecule has 0 aromatic carbocycles. The Morgan fingerprint density at radius 1 is 1.41 bits per heavy atom. The molecule has 2 aliphatic rings. The third-order valence-corrected chi connectivity index (χ3v) is 6.37. The number of nitrogens with zero attached hydrogens (tertiary/aromatic N) is 1. The van der Waals surface area contributed by atoms with Crippen molar-refractivity contribution in [3.8, 4) is 0 Å². The van der Waals surface area contributed by atoms with E-state index in [-0.39, 0.29) is 39.8 Å². The van der Waals surface area contributed by atoms with E-state index >= 15 is 0 Å². The Kier molecular flexibility index (Phi) is 5.34. The normalized spacial score (nSPS) is 30.2. The van der Waals surface area contributed by atoms with Crippen molar-refractivity contribution in [3.63, 3.8) is 0 Å². The van der Waals surface area contributed by atoms with Gasteiger partial charge in [0.25, 0.3) is 0 Å². The minimum absolute atomic E-state index is 0. The van der Waals surface area contributed by atoms with E-state index in [1.165, 1.54) is 11.8 Å². The standard InChI is InChI=1S/C10H18N2O2S2.BrH/c1-2-3-4-5-12-8-6-16(13,14)7-9(8)15-10(12)11;/h8-9,11H,2-7H2,1H3;1H. The maximum Gasteiger partial charge on any atom is 0.157 e. The zero-order chi connectivity index (χ0) is 11.8. The summed E-state index contributed by atoms with van der Waals surface area (Å²) < 4.78 is 23.0. The fourth-order valence-corrected chi connectivity index (χ4v) is 6.22. The summed E-state index contributed by atoms with van der Waals surface area (Å²) in [7, 11) is -2.85. The second kappa shape index (κ2) is 5.93. The van der Waals surface area contributed by atoms with Gasteiger partial charge < -0.3 is 4.90 Å². The monoisotopic (exact) mass is 342 g/mol. The highest BCUT2D eigenvalue weighted by Gasteiger charge is 2.47. The van der Waals surface area contributed by atoms with Crippen molar-refractivity contribution in [2.75, 3.05) is 18.1 Å². The summed E-state index contributed by atoms with van der Waals surface area (Å²) in [4.78, 5) is 2.00. The first-order valence-corrected chi connectivity index (χ1v) is 8.46. The minimum Gasteiger partial charge on any atom is -0.346 e. The van der Waals surface area contributed by atoms with Crippen molar-refractivity contribution in [2.45, 2.75) is 37.5 Å². The highest BCUT2D eigenvalue weighted by atomic mass is 79.9. The molecule has 7 heteroatoms. The molecule has 2 saturated heterocycles. The minimum atomic E-state index is -2.85. The third-order valence-electron chi connectivity index (χ3n) is 3.20. The van der Waals surface area contributed by atoms with Crippen LogP contribution in [0.3, 0.4) is 0 Å². The average Bonchev–Trinajstić information content (AvgIpc) is 2.60. The first-order valence-electron chi connectivity index (χ1n) is 5.76. The number of hydrogen-bond acceptors (Lipinski definition) is 4. The van der Waals surface area contributed by atoms with Gasteiger partial charge >= 0.3 is 0 Å². The predicted octanol–water partition coefficient (Wildman–Crippen LogP) is 1.90. The first kappa shape index (κ1) is 15.3. The molecular formula is C10H19BrN2O2S2. The van der Waals surface area contributed by atoms with Gasteiger partial charge in [0.15, 0.2) is 15.0 Å². The highest BCUT2D eigenvalue weighted by Crippen LogP contribution is 2.37. The van der Waals surface area contributed by atoms with E-state index in [4.69, 9.17) is 5.41 Å². The molecule has 2 aliphatic heterocycles. The van der Waals surface area contributed by atoms with E-state index in [2.05, 4.69) is 6.92 Å². The maximum atomic E-state index is 11.5. The summed E-state index contributed by atoms with van der Waals surface area (Å²) in [5.74, 6) is 0.508. The SMILES string of the molecule is Br.CCCCCN1C(=N)SC2CS(=O)(=O)CC21. The molecule has 0 spiro atoms. The lowest BCUT2D eigenvalue weighted by Gasteiger charge is -2.23. The Morgan fingerprint density at radius 2 is 2.12 bits per heavy atom. The number of sulfone groups is 1. The summed E-state index contributed by atoms with van der Waals surface area (Å²) in [5.41, 5.74) is 0. The molecule has 100 valence electrons. The lowest BCUT2D eigenvalue weighted by molar-refractivity contribution is 0.346. The highest BCUT2D eigenvalue weighted by molar-refractivity contribution is 8.93. The predicted molar refractivity (Wildman–Crippen MR) is 78.1 cm³/mol. The maximum absolute atomic E-state index is 11.5. The van der Waals surface area contributed by atoms with Crippen LogP contribution in [0, 0.1) is 5.41 Å². The smallest absolute Gasteiger partial charge is 0.157 e. The number of thioether (sulfide) groups is 1. The van der Waals surface area contributed by atoms with E-state index in [0.717, 1.165) is 25.8 Å². The Bertz CT molecular complexity index is 386. The van der Waals surface area contributed by atoms with Gasteiger partial charge in [0.2, 0.25) is 0 Å². The second-order valence-electron chi connectivity index (χ2n) is 4.51. The van der Waals surface area contributed by atoms with E-state index in [1.807, 2.05) is 4.90 Å². The number of unbranched alkanes of at least 4 members (excludes halogenated alkanes) is 2. The molecule has 0 aromatic heterocycles. The van der Waals surface area contributed by atoms with Crippen molar-refractivity contribution >= 4 is 43.7 Å². The summed E-state index contributed by atoms with van der Waals surface area (Å²) in [6, 6.07) is 0.0688. The van der Waals surface area contributed by atoms with Crippen LogP contribution >= 0.6 is 28.7 Å². The average molecular weight is 343 g/mol. The molecule has 2 rings (SSSR count). The molecule has 0 radical (unpaired) electrons. The molecule has 2 fully saturated rings. The largest absolute Gasteiger partial charge is 0.346 e. The van der Waals surface area contributed by atoms with Gasteiger partial charge in [-0.25, -0.2) is 8.42 Å². The summed E-state index contributed by atoms with van der Waals surface area (Å²) in [6.07, 6.45) is 3.36. The summed E-state index contributed by atoms with van der Waals surface area (Å²) >= 11 is 1.43. The van der Waals surface area contributed by atoms with Crippen molar-refractivity contribution in [3.05, 3.63) is 0 Å². The van der Waals surface area contributed by atoms with Crippen LogP contribution < -0.4 is 0 Å². The zero-order valence-electron chi connectivity index (χ0n) is 9.89. The molecule has 2 atom stereocenters. The molecule has 0 bridgehead atoms. The molecule has 17 heavy (non-hydrogen) atoms. The quantitative estimate of drug-likeness (QED) is 0.792. The molecule has 2 unspecified atom stereocenters. The molecule has 2 heterocycles. The molecule has 0 amide bonds. The molecule has 0 aromatic rings. The lowest BCUT2D eigenvalue weighted by Crippen LogP contribution is -2.37. The van der Waals surface area contributed by atoms with E-state index in [0.29, 0.717) is 5.17 Å². The first-order chi connectivity index (χ1) is 7.53. The molecule has 1 N–H and O–H groups in total. The van der Waals surface area contributed by atoms with Gasteiger partial charge in [-0.2, -0.15) is 0 Å². The van der Waals surface area contributed by atoms with Gasteiger partial charge in [0.05, 0.1) is 17.5 Å². The van der Waals surface area contributed by atoms with Crippen LogP contribution in [0.1, 0.15) is 26.2 Å². The molecular weight excluding hydrogens is 324 g/mol. The molecule has 4 nitrogen and oxygen atoms in total. The van der Waals surface area contributed by atoms with Crippen molar-refractivity contribution in [1.82, 2.24) is 4.90 Å². The summed E-state index contributed by atoms with van der Waals surface area (Å²) in [5, 5.41) is 8.54. The zero-order valence-corrected chi connectivity index (χ0v) is 13.2. The van der Waals surface area contributed by atoms with Gasteiger partial charge in [-0.15, -0.1) is 17.0 Å². The molecule has 0 aliphatic carbocycles. The molecule has 0 saturated carbocycles. The lowest BCUT2D eigenvalue weighted by atomic mass is 10.2. The fraction of sp³-hybridized carbons (Fsp3) is 0.900. The summed E-state index contributed by atoms with van der Waals surface area (Å²) in [6.45, 7) is 2.99. The van der Waals surface area contributed by atoms with E-state index in [9.17, 15) is 8.42 Å². The number of hydrogen-bond donors (Lipinski definition) is 1. The Morgan fingerprint density at radius 3 is 2.76 bits per heavy atom. The fourth-order valence-electron chi connectivity index (χ4n) is 2.36. The van der Waals surface area contributed by atoms with E-state index < -0.39 is 9.84 Å². The third kappa shape index (κ3) is 3.38. The van der Waals surface area contributed by atoms with Gasteiger partial charge in [-0.1, -0.05) is 31.5 Å². The number of rotatable bonds is 4.